The molecule has 122 valence electrons. The zero-order chi connectivity index (χ0) is 16.4. The fraction of sp³-hybridized carbons (Fsp3) is 0.429. The Balaban J connectivity index is 2.10. The van der Waals surface area contributed by atoms with Gasteiger partial charge in [-0.05, 0) is 31.2 Å². The van der Waals surface area contributed by atoms with Gasteiger partial charge in [0.05, 0.1) is 4.75 Å². The zero-order valence-electron chi connectivity index (χ0n) is 11.8. The lowest BCUT2D eigenvalue weighted by molar-refractivity contribution is 0.447. The van der Waals surface area contributed by atoms with Crippen molar-refractivity contribution in [3.63, 3.8) is 0 Å². The molecule has 1 saturated carbocycles. The summed E-state index contributed by atoms with van der Waals surface area (Å²) >= 11 is 0. The van der Waals surface area contributed by atoms with Gasteiger partial charge in [-0.1, -0.05) is 42.5 Å². The van der Waals surface area contributed by atoms with Crippen molar-refractivity contribution in [2.75, 3.05) is 0 Å². The molecule has 0 spiro atoms. The fourth-order valence-corrected chi connectivity index (χ4v) is 4.00. The van der Waals surface area contributed by atoms with Crippen LogP contribution in [-0.4, -0.2) is 35.9 Å². The van der Waals surface area contributed by atoms with Crippen LogP contribution in [0, 0.1) is 0 Å². The van der Waals surface area contributed by atoms with Gasteiger partial charge in [0.2, 0.25) is 0 Å². The van der Waals surface area contributed by atoms with E-state index >= 15 is 0 Å². The van der Waals surface area contributed by atoms with Crippen LogP contribution in [0.1, 0.15) is 31.2 Å². The van der Waals surface area contributed by atoms with E-state index in [1.165, 1.54) is 6.08 Å². The van der Waals surface area contributed by atoms with Crippen LogP contribution in [0.5, 0.6) is 0 Å². The highest BCUT2D eigenvalue weighted by Crippen LogP contribution is 2.47. The maximum atomic E-state index is 11.4. The SMILES string of the molecule is O=S(=O)(O)C(C=Cc1ccccc1)CCC1(S(=O)(=O)O)CC1. The monoisotopic (exact) mass is 346 g/mol. The highest BCUT2D eigenvalue weighted by molar-refractivity contribution is 7.87. The molecule has 0 amide bonds. The maximum absolute atomic E-state index is 11.4. The minimum atomic E-state index is -4.34. The minimum absolute atomic E-state index is 0.00454. The Hall–Kier alpha value is -1.22. The van der Waals surface area contributed by atoms with Crippen molar-refractivity contribution in [2.45, 2.75) is 35.7 Å². The van der Waals surface area contributed by atoms with E-state index in [1.54, 1.807) is 30.3 Å². The van der Waals surface area contributed by atoms with Gasteiger partial charge in [-0.15, -0.1) is 0 Å². The van der Waals surface area contributed by atoms with E-state index in [2.05, 4.69) is 0 Å². The molecule has 0 aliphatic heterocycles. The summed E-state index contributed by atoms with van der Waals surface area (Å²) in [5, 5.41) is -1.20. The third-order valence-corrected chi connectivity index (χ3v) is 6.79. The van der Waals surface area contributed by atoms with Crippen molar-refractivity contribution in [1.82, 2.24) is 0 Å². The fourth-order valence-electron chi connectivity index (χ4n) is 2.31. The topological polar surface area (TPSA) is 109 Å². The first-order valence-corrected chi connectivity index (χ1v) is 9.75. The Kier molecular flexibility index (Phi) is 4.76. The van der Waals surface area contributed by atoms with Crippen LogP contribution >= 0.6 is 0 Å². The first kappa shape index (κ1) is 17.1. The number of rotatable bonds is 7. The summed E-state index contributed by atoms with van der Waals surface area (Å²) in [7, 11) is -8.54. The highest BCUT2D eigenvalue weighted by atomic mass is 32.2. The van der Waals surface area contributed by atoms with E-state index in [1.807, 2.05) is 6.07 Å². The van der Waals surface area contributed by atoms with Crippen LogP contribution in [-0.2, 0) is 20.2 Å². The summed E-state index contributed by atoms with van der Waals surface area (Å²) in [5.74, 6) is 0. The van der Waals surface area contributed by atoms with E-state index in [9.17, 15) is 25.9 Å². The van der Waals surface area contributed by atoms with Crippen molar-refractivity contribution >= 4 is 26.3 Å². The van der Waals surface area contributed by atoms with Crippen LogP contribution in [0.15, 0.2) is 36.4 Å². The first-order chi connectivity index (χ1) is 10.1. The Morgan fingerprint density at radius 1 is 1.09 bits per heavy atom. The molecular weight excluding hydrogens is 328 g/mol. The number of hydrogen-bond donors (Lipinski definition) is 2. The van der Waals surface area contributed by atoms with E-state index in [0.29, 0.717) is 12.8 Å². The summed E-state index contributed by atoms with van der Waals surface area (Å²) in [5.41, 5.74) is 0.770. The van der Waals surface area contributed by atoms with E-state index in [4.69, 9.17) is 0 Å². The molecule has 1 aliphatic carbocycles. The van der Waals surface area contributed by atoms with Crippen molar-refractivity contribution in [2.24, 2.45) is 0 Å². The predicted molar refractivity (Wildman–Crippen MR) is 83.6 cm³/mol. The molecule has 1 aromatic rings. The number of hydrogen-bond acceptors (Lipinski definition) is 4. The minimum Gasteiger partial charge on any atom is -0.285 e. The summed E-state index contributed by atoms with van der Waals surface area (Å²) in [6, 6.07) is 8.95. The molecule has 1 fully saturated rings. The van der Waals surface area contributed by atoms with Gasteiger partial charge < -0.3 is 0 Å². The molecule has 1 aromatic carbocycles. The molecule has 2 rings (SSSR count). The lowest BCUT2D eigenvalue weighted by Gasteiger charge is -2.14. The van der Waals surface area contributed by atoms with Gasteiger partial charge in [0, 0.05) is 0 Å². The largest absolute Gasteiger partial charge is 0.285 e. The summed E-state index contributed by atoms with van der Waals surface area (Å²) in [6.45, 7) is 0. The molecule has 0 saturated heterocycles. The van der Waals surface area contributed by atoms with E-state index in [0.717, 1.165) is 5.56 Å². The van der Waals surface area contributed by atoms with Crippen molar-refractivity contribution in [3.05, 3.63) is 42.0 Å². The molecular formula is C14H18O6S2. The summed E-state index contributed by atoms with van der Waals surface area (Å²) in [4.78, 5) is 0. The molecule has 6 nitrogen and oxygen atoms in total. The standard InChI is InChI=1S/C14H18O6S2/c15-21(16,17)13(7-6-12-4-2-1-3-5-12)8-9-14(10-11-14)22(18,19)20/h1-7,13H,8-11H2,(H,15,16,17)(H,18,19,20). The predicted octanol–water partition coefficient (Wildman–Crippen LogP) is 2.16. The molecule has 22 heavy (non-hydrogen) atoms. The van der Waals surface area contributed by atoms with Crippen LogP contribution in [0.4, 0.5) is 0 Å². The first-order valence-electron chi connectivity index (χ1n) is 6.81. The lowest BCUT2D eigenvalue weighted by Crippen LogP contribution is -2.26. The lowest BCUT2D eigenvalue weighted by atomic mass is 10.1. The van der Waals surface area contributed by atoms with Crippen LogP contribution in [0.3, 0.4) is 0 Å². The van der Waals surface area contributed by atoms with Crippen LogP contribution in [0.25, 0.3) is 6.08 Å². The second kappa shape index (κ2) is 6.11. The molecule has 1 aliphatic rings. The maximum Gasteiger partial charge on any atom is 0.271 e. The van der Waals surface area contributed by atoms with Gasteiger partial charge in [0.15, 0.2) is 0 Å². The molecule has 2 N–H and O–H groups in total. The van der Waals surface area contributed by atoms with Crippen molar-refractivity contribution < 1.29 is 25.9 Å². The van der Waals surface area contributed by atoms with Crippen molar-refractivity contribution in [1.29, 1.82) is 0 Å². The third kappa shape index (κ3) is 4.16. The molecule has 0 bridgehead atoms. The van der Waals surface area contributed by atoms with E-state index in [-0.39, 0.29) is 12.8 Å². The smallest absolute Gasteiger partial charge is 0.271 e. The molecule has 1 unspecified atom stereocenters. The molecule has 0 heterocycles. The van der Waals surface area contributed by atoms with Gasteiger partial charge in [-0.2, -0.15) is 16.8 Å². The van der Waals surface area contributed by atoms with Gasteiger partial charge in [0.1, 0.15) is 5.25 Å². The van der Waals surface area contributed by atoms with Crippen LogP contribution in [0.2, 0.25) is 0 Å². The van der Waals surface area contributed by atoms with Gasteiger partial charge in [-0.3, -0.25) is 9.11 Å². The Labute approximate surface area is 130 Å². The molecule has 0 radical (unpaired) electrons. The molecule has 0 aromatic heterocycles. The normalized spacial score (nSPS) is 19.2. The van der Waals surface area contributed by atoms with Gasteiger partial charge >= 0.3 is 0 Å². The van der Waals surface area contributed by atoms with E-state index < -0.39 is 30.2 Å². The van der Waals surface area contributed by atoms with Gasteiger partial charge in [-0.25, -0.2) is 0 Å². The Morgan fingerprint density at radius 2 is 1.68 bits per heavy atom. The zero-order valence-corrected chi connectivity index (χ0v) is 13.4. The Bertz CT molecular complexity index is 746. The quantitative estimate of drug-likeness (QED) is 0.732. The average molecular weight is 346 g/mol. The average Bonchev–Trinajstić information content (AvgIpc) is 3.19. The van der Waals surface area contributed by atoms with Crippen molar-refractivity contribution in [3.8, 4) is 0 Å². The number of benzene rings is 1. The highest BCUT2D eigenvalue weighted by Gasteiger charge is 2.53. The van der Waals surface area contributed by atoms with Crippen LogP contribution < -0.4 is 0 Å². The summed E-state index contributed by atoms with van der Waals surface area (Å²) in [6.07, 6.45) is 3.45. The second-order valence-electron chi connectivity index (χ2n) is 5.52. The van der Waals surface area contributed by atoms with Gasteiger partial charge in [0.25, 0.3) is 20.2 Å². The molecule has 1 atom stereocenters. The molecule has 8 heteroatoms. The Morgan fingerprint density at radius 3 is 2.14 bits per heavy atom. The summed E-state index contributed by atoms with van der Waals surface area (Å²) < 4.78 is 62.6. The second-order valence-corrected chi connectivity index (χ2v) is 8.97. The third-order valence-electron chi connectivity index (χ3n) is 3.92.